The van der Waals surface area contributed by atoms with Crippen LogP contribution in [0.3, 0.4) is 0 Å². The molecule has 0 aromatic carbocycles. The summed E-state index contributed by atoms with van der Waals surface area (Å²) in [4.78, 5) is 19.1. The summed E-state index contributed by atoms with van der Waals surface area (Å²) in [6.45, 7) is 3.17. The SMILES string of the molecule is CCOCCCC(=O)Nc1nccc(Cl)n1. The van der Waals surface area contributed by atoms with Crippen molar-refractivity contribution in [3.63, 3.8) is 0 Å². The fraction of sp³-hybridized carbons (Fsp3) is 0.500. The van der Waals surface area contributed by atoms with Crippen LogP contribution in [0, 0.1) is 0 Å². The van der Waals surface area contributed by atoms with Gasteiger partial charge in [0, 0.05) is 25.8 Å². The Morgan fingerprint density at radius 3 is 3.12 bits per heavy atom. The molecule has 5 nitrogen and oxygen atoms in total. The van der Waals surface area contributed by atoms with Gasteiger partial charge in [0.2, 0.25) is 11.9 Å². The van der Waals surface area contributed by atoms with E-state index in [1.54, 1.807) is 6.07 Å². The van der Waals surface area contributed by atoms with Crippen LogP contribution in [-0.2, 0) is 9.53 Å². The van der Waals surface area contributed by atoms with Crippen LogP contribution in [0.5, 0.6) is 0 Å². The molecule has 1 aromatic heterocycles. The minimum Gasteiger partial charge on any atom is -0.382 e. The average Bonchev–Trinajstić information content (AvgIpc) is 2.24. The van der Waals surface area contributed by atoms with Crippen molar-refractivity contribution in [3.05, 3.63) is 17.4 Å². The molecule has 1 amide bonds. The molecule has 1 aromatic rings. The van der Waals surface area contributed by atoms with E-state index in [1.165, 1.54) is 6.20 Å². The zero-order chi connectivity index (χ0) is 11.8. The van der Waals surface area contributed by atoms with Gasteiger partial charge in [0.05, 0.1) is 0 Å². The molecule has 0 saturated carbocycles. The van der Waals surface area contributed by atoms with E-state index in [0.717, 1.165) is 0 Å². The third kappa shape index (κ3) is 5.04. The quantitative estimate of drug-likeness (QED) is 0.612. The van der Waals surface area contributed by atoms with Gasteiger partial charge in [-0.05, 0) is 19.4 Å². The van der Waals surface area contributed by atoms with Gasteiger partial charge in [0.15, 0.2) is 0 Å². The number of carbonyl (C=O) groups excluding carboxylic acids is 1. The Morgan fingerprint density at radius 2 is 2.44 bits per heavy atom. The predicted molar refractivity (Wildman–Crippen MR) is 61.4 cm³/mol. The first-order valence-corrected chi connectivity index (χ1v) is 5.46. The Kier molecular flexibility index (Phi) is 5.74. The van der Waals surface area contributed by atoms with Gasteiger partial charge in [-0.15, -0.1) is 0 Å². The number of anilines is 1. The van der Waals surface area contributed by atoms with Crippen LogP contribution in [0.1, 0.15) is 19.8 Å². The smallest absolute Gasteiger partial charge is 0.230 e. The Labute approximate surface area is 99.2 Å². The van der Waals surface area contributed by atoms with Gasteiger partial charge in [-0.2, -0.15) is 0 Å². The van der Waals surface area contributed by atoms with Crippen molar-refractivity contribution < 1.29 is 9.53 Å². The Bertz CT molecular complexity index is 347. The predicted octanol–water partition coefficient (Wildman–Crippen LogP) is 1.89. The van der Waals surface area contributed by atoms with Crippen molar-refractivity contribution in [3.8, 4) is 0 Å². The molecule has 0 aliphatic rings. The summed E-state index contributed by atoms with van der Waals surface area (Å²) < 4.78 is 5.12. The van der Waals surface area contributed by atoms with Crippen molar-refractivity contribution >= 4 is 23.5 Å². The van der Waals surface area contributed by atoms with E-state index in [2.05, 4.69) is 15.3 Å². The maximum absolute atomic E-state index is 11.4. The highest BCUT2D eigenvalue weighted by molar-refractivity contribution is 6.29. The number of rotatable bonds is 6. The normalized spacial score (nSPS) is 10.1. The van der Waals surface area contributed by atoms with Gasteiger partial charge in [-0.25, -0.2) is 9.97 Å². The zero-order valence-corrected chi connectivity index (χ0v) is 9.83. The van der Waals surface area contributed by atoms with Crippen molar-refractivity contribution in [2.45, 2.75) is 19.8 Å². The largest absolute Gasteiger partial charge is 0.382 e. The summed E-state index contributed by atoms with van der Waals surface area (Å²) in [6, 6.07) is 1.55. The summed E-state index contributed by atoms with van der Waals surface area (Å²) in [6.07, 6.45) is 2.56. The minimum absolute atomic E-state index is 0.137. The topological polar surface area (TPSA) is 64.1 Å². The minimum atomic E-state index is -0.137. The van der Waals surface area contributed by atoms with Crippen LogP contribution in [0.4, 0.5) is 5.95 Å². The van der Waals surface area contributed by atoms with Crippen LogP contribution in [-0.4, -0.2) is 29.1 Å². The van der Waals surface area contributed by atoms with Gasteiger partial charge in [-0.3, -0.25) is 10.1 Å². The van der Waals surface area contributed by atoms with Crippen LogP contribution in [0.2, 0.25) is 5.15 Å². The molecule has 0 fully saturated rings. The van der Waals surface area contributed by atoms with E-state index in [-0.39, 0.29) is 11.9 Å². The van der Waals surface area contributed by atoms with Crippen molar-refractivity contribution in [2.75, 3.05) is 18.5 Å². The van der Waals surface area contributed by atoms with Crippen LogP contribution < -0.4 is 5.32 Å². The molecule has 1 rings (SSSR count). The molecule has 0 saturated heterocycles. The molecular formula is C10H14ClN3O2. The van der Waals surface area contributed by atoms with Gasteiger partial charge in [0.25, 0.3) is 0 Å². The molecule has 0 aliphatic carbocycles. The van der Waals surface area contributed by atoms with E-state index in [9.17, 15) is 4.79 Å². The standard InChI is InChI=1S/C10H14ClN3O2/c1-2-16-7-3-4-9(15)14-10-12-6-5-8(11)13-10/h5-6H,2-4,7H2,1H3,(H,12,13,14,15). The van der Waals surface area contributed by atoms with Crippen LogP contribution >= 0.6 is 11.6 Å². The van der Waals surface area contributed by atoms with E-state index in [1.807, 2.05) is 6.92 Å². The summed E-state index contributed by atoms with van der Waals surface area (Å²) in [5.74, 6) is 0.0934. The number of amides is 1. The maximum atomic E-state index is 11.4. The fourth-order valence-electron chi connectivity index (χ4n) is 1.06. The number of ether oxygens (including phenoxy) is 1. The van der Waals surface area contributed by atoms with Crippen LogP contribution in [0.25, 0.3) is 0 Å². The molecule has 6 heteroatoms. The van der Waals surface area contributed by atoms with Crippen molar-refractivity contribution in [2.24, 2.45) is 0 Å². The molecule has 0 atom stereocenters. The molecule has 16 heavy (non-hydrogen) atoms. The lowest BCUT2D eigenvalue weighted by Crippen LogP contribution is -2.14. The highest BCUT2D eigenvalue weighted by atomic mass is 35.5. The zero-order valence-electron chi connectivity index (χ0n) is 9.07. The second-order valence-corrected chi connectivity index (χ2v) is 3.44. The first kappa shape index (κ1) is 12.9. The number of nitrogens with one attached hydrogen (secondary N) is 1. The van der Waals surface area contributed by atoms with Gasteiger partial charge < -0.3 is 4.74 Å². The van der Waals surface area contributed by atoms with E-state index >= 15 is 0 Å². The maximum Gasteiger partial charge on any atom is 0.230 e. The number of hydrogen-bond donors (Lipinski definition) is 1. The molecule has 0 unspecified atom stereocenters. The number of carbonyl (C=O) groups is 1. The number of halogens is 1. The number of hydrogen-bond acceptors (Lipinski definition) is 4. The third-order valence-corrected chi connectivity index (χ3v) is 1.98. The third-order valence-electron chi connectivity index (χ3n) is 1.77. The first-order chi connectivity index (χ1) is 7.72. The summed E-state index contributed by atoms with van der Waals surface area (Å²) >= 11 is 5.65. The van der Waals surface area contributed by atoms with Gasteiger partial charge in [0.1, 0.15) is 5.15 Å². The molecule has 88 valence electrons. The lowest BCUT2D eigenvalue weighted by atomic mass is 10.3. The van der Waals surface area contributed by atoms with Crippen LogP contribution in [0.15, 0.2) is 12.3 Å². The first-order valence-electron chi connectivity index (χ1n) is 5.08. The summed E-state index contributed by atoms with van der Waals surface area (Å²) in [7, 11) is 0. The monoisotopic (exact) mass is 243 g/mol. The molecule has 0 spiro atoms. The molecule has 0 aliphatic heterocycles. The molecule has 0 radical (unpaired) electrons. The Hall–Kier alpha value is -1.20. The van der Waals surface area contributed by atoms with Gasteiger partial charge in [-0.1, -0.05) is 11.6 Å². The number of nitrogens with zero attached hydrogens (tertiary/aromatic N) is 2. The highest BCUT2D eigenvalue weighted by Crippen LogP contribution is 2.06. The molecule has 0 bridgehead atoms. The lowest BCUT2D eigenvalue weighted by molar-refractivity contribution is -0.116. The van der Waals surface area contributed by atoms with Crippen molar-refractivity contribution in [1.82, 2.24) is 9.97 Å². The van der Waals surface area contributed by atoms with Crippen molar-refractivity contribution in [1.29, 1.82) is 0 Å². The lowest BCUT2D eigenvalue weighted by Gasteiger charge is -2.03. The second kappa shape index (κ2) is 7.14. The fourth-order valence-corrected chi connectivity index (χ4v) is 1.20. The summed E-state index contributed by atoms with van der Waals surface area (Å²) in [5, 5.41) is 2.86. The molecule has 1 N–H and O–H groups in total. The van der Waals surface area contributed by atoms with Gasteiger partial charge >= 0.3 is 0 Å². The Balaban J connectivity index is 2.29. The van der Waals surface area contributed by atoms with E-state index in [0.29, 0.717) is 31.2 Å². The van der Waals surface area contributed by atoms with E-state index in [4.69, 9.17) is 16.3 Å². The second-order valence-electron chi connectivity index (χ2n) is 3.05. The highest BCUT2D eigenvalue weighted by Gasteiger charge is 2.04. The number of aromatic nitrogens is 2. The average molecular weight is 244 g/mol. The molecule has 1 heterocycles. The Morgan fingerprint density at radius 1 is 1.62 bits per heavy atom. The van der Waals surface area contributed by atoms with E-state index < -0.39 is 0 Å². The summed E-state index contributed by atoms with van der Waals surface area (Å²) in [5.41, 5.74) is 0. The molecular weight excluding hydrogens is 230 g/mol.